The second kappa shape index (κ2) is 8.28. The summed E-state index contributed by atoms with van der Waals surface area (Å²) < 4.78 is 13.4. The zero-order valence-electron chi connectivity index (χ0n) is 19.2. The van der Waals surface area contributed by atoms with Gasteiger partial charge < -0.3 is 20.1 Å². The first-order chi connectivity index (χ1) is 17.5. The lowest BCUT2D eigenvalue weighted by molar-refractivity contribution is 0.0958. The van der Waals surface area contributed by atoms with Crippen LogP contribution in [0.1, 0.15) is 5.56 Å². The Labute approximate surface area is 204 Å². The number of aromatic nitrogens is 5. The summed E-state index contributed by atoms with van der Waals surface area (Å²) in [6, 6.07) is 16.4. The first-order valence-corrected chi connectivity index (χ1v) is 11.2. The highest BCUT2D eigenvalue weighted by Gasteiger charge is 2.25. The molecule has 0 bridgehead atoms. The molecule has 3 N–H and O–H groups in total. The van der Waals surface area contributed by atoms with Crippen molar-refractivity contribution in [3.8, 4) is 23.3 Å². The zero-order valence-corrected chi connectivity index (χ0v) is 19.2. The Bertz CT molecular complexity index is 1720. The van der Waals surface area contributed by atoms with E-state index in [0.717, 1.165) is 0 Å². The van der Waals surface area contributed by atoms with Crippen LogP contribution in [0, 0.1) is 11.3 Å². The number of anilines is 2. The molecule has 0 saturated heterocycles. The zero-order chi connectivity index (χ0) is 24.8. The molecule has 36 heavy (non-hydrogen) atoms. The summed E-state index contributed by atoms with van der Waals surface area (Å²) in [6.07, 6.45) is 1.33. The van der Waals surface area contributed by atoms with Crippen molar-refractivity contribution >= 4 is 33.7 Å². The van der Waals surface area contributed by atoms with Crippen LogP contribution >= 0.6 is 0 Å². The van der Waals surface area contributed by atoms with Crippen LogP contribution in [0.3, 0.4) is 0 Å². The molecule has 1 aliphatic rings. The summed E-state index contributed by atoms with van der Waals surface area (Å²) in [7, 11) is 1.84. The average Bonchev–Trinajstić information content (AvgIpc) is 3.30. The van der Waals surface area contributed by atoms with Gasteiger partial charge in [-0.1, -0.05) is 18.2 Å². The third-order valence-corrected chi connectivity index (χ3v) is 6.07. The van der Waals surface area contributed by atoms with Crippen molar-refractivity contribution in [2.45, 2.75) is 6.10 Å². The molecule has 4 heterocycles. The van der Waals surface area contributed by atoms with Gasteiger partial charge in [-0.25, -0.2) is 4.98 Å². The van der Waals surface area contributed by atoms with E-state index in [1.165, 1.54) is 4.57 Å². The van der Waals surface area contributed by atoms with Gasteiger partial charge in [0.1, 0.15) is 12.0 Å². The second-order valence-electron chi connectivity index (χ2n) is 8.45. The monoisotopic (exact) mass is 480 g/mol. The smallest absolute Gasteiger partial charge is 0.270 e. The number of para-hydroxylation sites is 1. The lowest BCUT2D eigenvalue weighted by Crippen LogP contribution is -2.40. The minimum Gasteiger partial charge on any atom is -0.486 e. The predicted molar refractivity (Wildman–Crippen MR) is 134 cm³/mol. The van der Waals surface area contributed by atoms with Crippen LogP contribution in [0.15, 0.2) is 59.5 Å². The first-order valence-electron chi connectivity index (χ1n) is 11.2. The van der Waals surface area contributed by atoms with Crippen LogP contribution in [0.4, 0.5) is 11.8 Å². The highest BCUT2D eigenvalue weighted by Crippen LogP contribution is 2.33. The molecule has 0 fully saturated rings. The Morgan fingerprint density at radius 2 is 2.08 bits per heavy atom. The fraction of sp³-hybridized carbons (Fsp3) is 0.160. The van der Waals surface area contributed by atoms with Gasteiger partial charge in [-0.3, -0.25) is 14.5 Å². The number of nitrogens with zero attached hydrogens (tertiary/aromatic N) is 6. The largest absolute Gasteiger partial charge is 0.486 e. The van der Waals surface area contributed by atoms with E-state index in [1.54, 1.807) is 24.4 Å². The molecule has 5 aromatic rings. The van der Waals surface area contributed by atoms with E-state index in [1.807, 2.05) is 42.3 Å². The van der Waals surface area contributed by atoms with Crippen LogP contribution in [-0.4, -0.2) is 51.0 Å². The molecule has 1 aliphatic heterocycles. The molecule has 0 aliphatic carbocycles. The number of nitrogen functional groups attached to an aromatic ring is 1. The molecule has 1 atom stereocenters. The van der Waals surface area contributed by atoms with Gasteiger partial charge in [-0.05, 0) is 24.3 Å². The normalized spacial score (nSPS) is 14.6. The molecule has 0 radical (unpaired) electrons. The van der Waals surface area contributed by atoms with Gasteiger partial charge >= 0.3 is 0 Å². The number of benzene rings is 2. The molecule has 11 nitrogen and oxygen atoms in total. The summed E-state index contributed by atoms with van der Waals surface area (Å²) in [5.74, 6) is 1.65. The maximum absolute atomic E-state index is 13.5. The number of nitriles is 1. The minimum atomic E-state index is -0.323. The Balaban J connectivity index is 1.39. The number of aromatic amines is 1. The van der Waals surface area contributed by atoms with Crippen LogP contribution in [0.5, 0.6) is 11.5 Å². The SMILES string of the molecule is CN(CC1COc2ccc(C#N)cc2O1)c1ncc2c3[nH]nc(N)c3c(=O)n(-c3ccccc3)c2n1. The van der Waals surface area contributed by atoms with Crippen LogP contribution < -0.4 is 25.7 Å². The summed E-state index contributed by atoms with van der Waals surface area (Å²) in [5, 5.41) is 16.9. The van der Waals surface area contributed by atoms with Gasteiger partial charge in [-0.2, -0.15) is 15.3 Å². The maximum Gasteiger partial charge on any atom is 0.270 e. The lowest BCUT2D eigenvalue weighted by Gasteiger charge is -2.29. The molecule has 178 valence electrons. The summed E-state index contributed by atoms with van der Waals surface area (Å²) in [6.45, 7) is 0.746. The van der Waals surface area contributed by atoms with E-state index < -0.39 is 0 Å². The van der Waals surface area contributed by atoms with E-state index in [4.69, 9.17) is 25.5 Å². The molecular weight excluding hydrogens is 460 g/mol. The molecule has 3 aromatic heterocycles. The number of nitrogens with one attached hydrogen (secondary N) is 1. The number of ether oxygens (including phenoxy) is 2. The van der Waals surface area contributed by atoms with Crippen molar-refractivity contribution in [1.82, 2.24) is 24.7 Å². The van der Waals surface area contributed by atoms with Gasteiger partial charge in [0.25, 0.3) is 5.56 Å². The van der Waals surface area contributed by atoms with Crippen molar-refractivity contribution in [2.75, 3.05) is 30.8 Å². The molecule has 0 spiro atoms. The lowest BCUT2D eigenvalue weighted by atomic mass is 10.2. The molecule has 6 rings (SSSR count). The number of rotatable bonds is 4. The number of hydrogen-bond acceptors (Lipinski definition) is 9. The van der Waals surface area contributed by atoms with Crippen LogP contribution in [0.25, 0.3) is 27.6 Å². The Kier molecular flexibility index (Phi) is 4.93. The molecule has 0 amide bonds. The highest BCUT2D eigenvalue weighted by atomic mass is 16.6. The Hall–Kier alpha value is -5.11. The van der Waals surface area contributed by atoms with E-state index in [9.17, 15) is 4.79 Å². The quantitative estimate of drug-likeness (QED) is 0.395. The topological polar surface area (TPSA) is 148 Å². The number of likely N-dealkylation sites (N-methyl/N-ethyl adjacent to an activating group) is 1. The molecule has 11 heteroatoms. The van der Waals surface area contributed by atoms with E-state index in [-0.39, 0.29) is 17.5 Å². The number of hydrogen-bond donors (Lipinski definition) is 2. The number of nitrogens with two attached hydrogens (primary N) is 1. The van der Waals surface area contributed by atoms with Gasteiger partial charge in [0.05, 0.1) is 34.8 Å². The van der Waals surface area contributed by atoms with Crippen molar-refractivity contribution in [3.63, 3.8) is 0 Å². The number of pyridine rings is 1. The van der Waals surface area contributed by atoms with Gasteiger partial charge in [0.2, 0.25) is 5.95 Å². The number of H-pyrrole nitrogens is 1. The van der Waals surface area contributed by atoms with Crippen molar-refractivity contribution in [1.29, 1.82) is 5.26 Å². The van der Waals surface area contributed by atoms with Gasteiger partial charge in [0.15, 0.2) is 29.1 Å². The van der Waals surface area contributed by atoms with E-state index in [2.05, 4.69) is 21.3 Å². The fourth-order valence-electron chi connectivity index (χ4n) is 4.35. The standard InChI is InChI=1S/C25H20N8O3/c1-32(12-16-13-35-18-8-7-14(10-26)9-19(18)36-16)25-28-11-17-21-20(22(27)31-30-21)24(34)33(23(17)29-25)15-5-3-2-4-6-15/h2-9,11,16H,12-13H2,1H3,(H3,27,30,31). The van der Waals surface area contributed by atoms with Gasteiger partial charge in [0, 0.05) is 19.3 Å². The molecule has 0 saturated carbocycles. The van der Waals surface area contributed by atoms with E-state index in [0.29, 0.717) is 63.8 Å². The third-order valence-electron chi connectivity index (χ3n) is 6.07. The number of fused-ring (bicyclic) bond motifs is 4. The highest BCUT2D eigenvalue weighted by molar-refractivity contribution is 6.05. The molecule has 1 unspecified atom stereocenters. The summed E-state index contributed by atoms with van der Waals surface area (Å²) in [4.78, 5) is 24.6. The van der Waals surface area contributed by atoms with Crippen LogP contribution in [-0.2, 0) is 0 Å². The van der Waals surface area contributed by atoms with Crippen molar-refractivity contribution in [2.24, 2.45) is 0 Å². The van der Waals surface area contributed by atoms with E-state index >= 15 is 0 Å². The van der Waals surface area contributed by atoms with Crippen molar-refractivity contribution < 1.29 is 9.47 Å². The average molecular weight is 480 g/mol. The molecular formula is C25H20N8O3. The Morgan fingerprint density at radius 3 is 2.89 bits per heavy atom. The van der Waals surface area contributed by atoms with Crippen LogP contribution in [0.2, 0.25) is 0 Å². The summed E-state index contributed by atoms with van der Waals surface area (Å²) >= 11 is 0. The fourth-order valence-corrected chi connectivity index (χ4v) is 4.35. The van der Waals surface area contributed by atoms with Crippen molar-refractivity contribution in [3.05, 3.63) is 70.6 Å². The maximum atomic E-state index is 13.5. The summed E-state index contributed by atoms with van der Waals surface area (Å²) in [5.41, 5.74) is 7.73. The molecule has 2 aromatic carbocycles. The minimum absolute atomic E-state index is 0.122. The first kappa shape index (κ1) is 21.4. The predicted octanol–water partition coefficient (Wildman–Crippen LogP) is 2.39. The third kappa shape index (κ3) is 3.43. The Morgan fingerprint density at radius 1 is 1.25 bits per heavy atom. The second-order valence-corrected chi connectivity index (χ2v) is 8.45. The van der Waals surface area contributed by atoms with Gasteiger partial charge in [-0.15, -0.1) is 0 Å².